The van der Waals surface area contributed by atoms with Crippen LogP contribution in [-0.4, -0.2) is 52.2 Å². The fraction of sp³-hybridized carbons (Fsp3) is 0.259. The molecule has 3 heterocycles. The zero-order valence-electron chi connectivity index (χ0n) is 19.9. The largest absolute Gasteiger partial charge is 0.493 e. The third kappa shape index (κ3) is 5.94. The molecule has 1 aliphatic heterocycles. The van der Waals surface area contributed by atoms with Crippen LogP contribution in [0, 0.1) is 6.92 Å². The second-order valence-corrected chi connectivity index (χ2v) is 8.45. The Morgan fingerprint density at radius 1 is 1.08 bits per heavy atom. The number of aryl methyl sites for hydroxylation is 1. The Morgan fingerprint density at radius 3 is 2.75 bits per heavy atom. The van der Waals surface area contributed by atoms with Crippen molar-refractivity contribution in [1.29, 1.82) is 0 Å². The van der Waals surface area contributed by atoms with E-state index in [9.17, 15) is 4.79 Å². The number of carbonyl (C=O) groups excluding carboxylic acids is 1. The minimum atomic E-state index is -0.406. The summed E-state index contributed by atoms with van der Waals surface area (Å²) < 4.78 is 16.8. The first kappa shape index (κ1) is 23.7. The Kier molecular flexibility index (Phi) is 7.30. The van der Waals surface area contributed by atoms with Crippen LogP contribution in [0.4, 0.5) is 5.82 Å². The lowest BCUT2D eigenvalue weighted by Gasteiger charge is -2.13. The zero-order chi connectivity index (χ0) is 24.7. The molecule has 2 aromatic heterocycles. The molecule has 0 saturated carbocycles. The fourth-order valence-electron chi connectivity index (χ4n) is 3.96. The summed E-state index contributed by atoms with van der Waals surface area (Å²) in [6, 6.07) is 19.5. The molecule has 0 radical (unpaired) electrons. The number of anilines is 1. The highest BCUT2D eigenvalue weighted by Crippen LogP contribution is 2.29. The SMILES string of the molecule is Cc1ccc(OCCC2OCCO2)cc1-c1ccnc(NC(=O)c2nnc(Cc3ccccc3)[nH]2)c1. The first-order valence-electron chi connectivity index (χ1n) is 11.8. The van der Waals surface area contributed by atoms with Gasteiger partial charge in [-0.25, -0.2) is 4.98 Å². The quantitative estimate of drug-likeness (QED) is 0.366. The number of benzene rings is 2. The molecule has 4 aromatic rings. The highest BCUT2D eigenvalue weighted by molar-refractivity contribution is 6.01. The number of ether oxygens (including phenoxy) is 3. The minimum absolute atomic E-state index is 0.134. The molecule has 1 aliphatic rings. The topological polar surface area (TPSA) is 111 Å². The Labute approximate surface area is 208 Å². The number of amides is 1. The molecule has 0 aliphatic carbocycles. The number of carbonyl (C=O) groups is 1. The predicted molar refractivity (Wildman–Crippen MR) is 134 cm³/mol. The maximum Gasteiger partial charge on any atom is 0.294 e. The van der Waals surface area contributed by atoms with Crippen LogP contribution in [0.15, 0.2) is 66.9 Å². The average molecular weight is 486 g/mol. The van der Waals surface area contributed by atoms with Crippen LogP contribution in [0.2, 0.25) is 0 Å². The van der Waals surface area contributed by atoms with Crippen LogP contribution in [0.3, 0.4) is 0 Å². The number of pyridine rings is 1. The van der Waals surface area contributed by atoms with E-state index in [4.69, 9.17) is 14.2 Å². The number of H-pyrrole nitrogens is 1. The molecule has 2 N–H and O–H groups in total. The third-order valence-electron chi connectivity index (χ3n) is 5.80. The molecular formula is C27H27N5O4. The highest BCUT2D eigenvalue weighted by atomic mass is 16.7. The number of hydrogen-bond donors (Lipinski definition) is 2. The van der Waals surface area contributed by atoms with E-state index in [-0.39, 0.29) is 12.1 Å². The zero-order valence-corrected chi connectivity index (χ0v) is 19.9. The minimum Gasteiger partial charge on any atom is -0.493 e. The number of hydrogen-bond acceptors (Lipinski definition) is 7. The molecule has 0 spiro atoms. The van der Waals surface area contributed by atoms with E-state index in [2.05, 4.69) is 25.5 Å². The van der Waals surface area contributed by atoms with Crippen molar-refractivity contribution in [2.75, 3.05) is 25.1 Å². The summed E-state index contributed by atoms with van der Waals surface area (Å²) in [6.07, 6.45) is 2.70. The van der Waals surface area contributed by atoms with E-state index in [0.29, 0.717) is 44.3 Å². The number of aromatic nitrogens is 4. The Bertz CT molecular complexity index is 1320. The summed E-state index contributed by atoms with van der Waals surface area (Å²) in [5.41, 5.74) is 4.06. The molecule has 1 saturated heterocycles. The van der Waals surface area contributed by atoms with Crippen LogP contribution in [0.5, 0.6) is 5.75 Å². The van der Waals surface area contributed by atoms with Crippen LogP contribution in [0.25, 0.3) is 11.1 Å². The summed E-state index contributed by atoms with van der Waals surface area (Å²) in [7, 11) is 0. The average Bonchev–Trinajstić information content (AvgIpc) is 3.58. The van der Waals surface area contributed by atoms with E-state index in [1.807, 2.05) is 67.6 Å². The van der Waals surface area contributed by atoms with Crippen molar-refractivity contribution in [3.05, 3.63) is 89.6 Å². The van der Waals surface area contributed by atoms with Gasteiger partial charge in [0.15, 0.2) is 6.29 Å². The van der Waals surface area contributed by atoms with Gasteiger partial charge in [0.1, 0.15) is 17.4 Å². The van der Waals surface area contributed by atoms with Gasteiger partial charge in [-0.2, -0.15) is 0 Å². The van der Waals surface area contributed by atoms with Gasteiger partial charge in [0.05, 0.1) is 19.8 Å². The molecule has 184 valence electrons. The summed E-state index contributed by atoms with van der Waals surface area (Å²) >= 11 is 0. The predicted octanol–water partition coefficient (Wildman–Crippen LogP) is 4.16. The third-order valence-corrected chi connectivity index (χ3v) is 5.80. The molecule has 9 nitrogen and oxygen atoms in total. The summed E-state index contributed by atoms with van der Waals surface area (Å²) in [6.45, 7) is 3.78. The van der Waals surface area contributed by atoms with Gasteiger partial charge >= 0.3 is 0 Å². The van der Waals surface area contributed by atoms with Gasteiger partial charge in [-0.3, -0.25) is 4.79 Å². The fourth-order valence-corrected chi connectivity index (χ4v) is 3.96. The Morgan fingerprint density at radius 2 is 1.92 bits per heavy atom. The van der Waals surface area contributed by atoms with Gasteiger partial charge in [0, 0.05) is 19.0 Å². The maximum absolute atomic E-state index is 12.8. The molecule has 0 bridgehead atoms. The Balaban J connectivity index is 1.24. The summed E-state index contributed by atoms with van der Waals surface area (Å²) in [5, 5.41) is 10.9. The standard InChI is InChI=1S/C27H27N5O4/c1-18-7-8-21(34-12-10-25-35-13-14-36-25)17-22(18)20-9-11-28-23(16-20)30-27(33)26-29-24(31-32-26)15-19-5-3-2-4-6-19/h2-9,11,16-17,25H,10,12-15H2,1H3,(H,28,30,33)(H,29,31,32). The van der Waals surface area contributed by atoms with E-state index >= 15 is 0 Å². The van der Waals surface area contributed by atoms with Gasteiger partial charge < -0.3 is 24.5 Å². The second-order valence-electron chi connectivity index (χ2n) is 8.45. The van der Waals surface area contributed by atoms with Crippen molar-refractivity contribution in [1.82, 2.24) is 20.2 Å². The Hall–Kier alpha value is -4.08. The van der Waals surface area contributed by atoms with Gasteiger partial charge in [0.2, 0.25) is 5.82 Å². The molecule has 2 aromatic carbocycles. The van der Waals surface area contributed by atoms with Crippen LogP contribution in [-0.2, 0) is 15.9 Å². The van der Waals surface area contributed by atoms with Gasteiger partial charge in [0.25, 0.3) is 5.91 Å². The van der Waals surface area contributed by atoms with Crippen LogP contribution < -0.4 is 10.1 Å². The summed E-state index contributed by atoms with van der Waals surface area (Å²) in [4.78, 5) is 20.0. The molecule has 0 unspecified atom stereocenters. The normalized spacial score (nSPS) is 13.6. The van der Waals surface area contributed by atoms with Crippen molar-refractivity contribution in [2.24, 2.45) is 0 Å². The molecule has 9 heteroatoms. The number of aromatic amines is 1. The number of nitrogens with zero attached hydrogens (tertiary/aromatic N) is 3. The highest BCUT2D eigenvalue weighted by Gasteiger charge is 2.16. The van der Waals surface area contributed by atoms with Crippen molar-refractivity contribution in [3.8, 4) is 16.9 Å². The van der Waals surface area contributed by atoms with E-state index in [1.165, 1.54) is 0 Å². The lowest BCUT2D eigenvalue weighted by atomic mass is 10.0. The number of nitrogens with one attached hydrogen (secondary N) is 2. The molecule has 5 rings (SSSR count). The van der Waals surface area contributed by atoms with Gasteiger partial charge in [-0.1, -0.05) is 36.4 Å². The first-order chi connectivity index (χ1) is 17.6. The molecular weight excluding hydrogens is 458 g/mol. The second kappa shape index (κ2) is 11.1. The van der Waals surface area contributed by atoms with E-state index in [1.54, 1.807) is 6.20 Å². The lowest BCUT2D eigenvalue weighted by Crippen LogP contribution is -2.14. The van der Waals surface area contributed by atoms with Crippen molar-refractivity contribution < 1.29 is 19.0 Å². The van der Waals surface area contributed by atoms with Gasteiger partial charge in [-0.05, 0) is 53.4 Å². The van der Waals surface area contributed by atoms with Crippen molar-refractivity contribution >= 4 is 11.7 Å². The van der Waals surface area contributed by atoms with E-state index in [0.717, 1.165) is 28.0 Å². The van der Waals surface area contributed by atoms with E-state index < -0.39 is 5.91 Å². The van der Waals surface area contributed by atoms with Crippen LogP contribution >= 0.6 is 0 Å². The lowest BCUT2D eigenvalue weighted by molar-refractivity contribution is -0.0531. The molecule has 1 fully saturated rings. The maximum atomic E-state index is 12.8. The first-order valence-corrected chi connectivity index (χ1v) is 11.8. The molecule has 36 heavy (non-hydrogen) atoms. The molecule has 0 atom stereocenters. The molecule has 1 amide bonds. The van der Waals surface area contributed by atoms with Crippen LogP contribution in [0.1, 0.15) is 34.0 Å². The van der Waals surface area contributed by atoms with Crippen molar-refractivity contribution in [2.45, 2.75) is 26.1 Å². The van der Waals surface area contributed by atoms with Gasteiger partial charge in [-0.15, -0.1) is 10.2 Å². The smallest absolute Gasteiger partial charge is 0.294 e. The summed E-state index contributed by atoms with van der Waals surface area (Å²) in [5.74, 6) is 1.52. The van der Waals surface area contributed by atoms with Crippen molar-refractivity contribution in [3.63, 3.8) is 0 Å². The number of rotatable bonds is 9. The monoisotopic (exact) mass is 485 g/mol.